The topological polar surface area (TPSA) is 75.5 Å². The number of hydrogen-bond donors (Lipinski definition) is 0. The first-order valence-corrected chi connectivity index (χ1v) is 11.8. The highest BCUT2D eigenvalue weighted by Gasteiger charge is 2.30. The number of aromatic nitrogens is 2. The molecule has 0 aliphatic carbocycles. The Morgan fingerprint density at radius 1 is 1.07 bits per heavy atom. The molecule has 3 heterocycles. The van der Waals surface area contributed by atoms with Crippen LogP contribution in [0, 0.1) is 0 Å². The molecule has 9 heteroatoms. The Hall–Kier alpha value is -1.90. The van der Waals surface area contributed by atoms with Crippen LogP contribution in [0.4, 0.5) is 0 Å². The van der Waals surface area contributed by atoms with Crippen LogP contribution in [0.1, 0.15) is 48.5 Å². The zero-order valence-corrected chi connectivity index (χ0v) is 17.8. The Morgan fingerprint density at radius 3 is 2.45 bits per heavy atom. The van der Waals surface area contributed by atoms with E-state index in [1.807, 2.05) is 6.20 Å². The highest BCUT2D eigenvalue weighted by molar-refractivity contribution is 7.89. The van der Waals surface area contributed by atoms with Gasteiger partial charge in [-0.1, -0.05) is 18.0 Å². The van der Waals surface area contributed by atoms with E-state index in [4.69, 9.17) is 11.6 Å². The van der Waals surface area contributed by atoms with Gasteiger partial charge in [0.2, 0.25) is 10.0 Å². The van der Waals surface area contributed by atoms with E-state index in [1.165, 1.54) is 16.4 Å². The van der Waals surface area contributed by atoms with Crippen LogP contribution in [0.5, 0.6) is 0 Å². The smallest absolute Gasteiger partial charge is 0.253 e. The third-order valence-corrected chi connectivity index (χ3v) is 8.19. The van der Waals surface area contributed by atoms with Crippen LogP contribution < -0.4 is 0 Å². The van der Waals surface area contributed by atoms with Gasteiger partial charge in [0, 0.05) is 50.2 Å². The summed E-state index contributed by atoms with van der Waals surface area (Å²) in [6.45, 7) is 2.24. The van der Waals surface area contributed by atoms with Crippen LogP contribution in [0.25, 0.3) is 0 Å². The number of benzene rings is 1. The van der Waals surface area contributed by atoms with Crippen molar-refractivity contribution in [1.82, 2.24) is 18.8 Å². The average molecular weight is 437 g/mol. The summed E-state index contributed by atoms with van der Waals surface area (Å²) in [5, 5.41) is 0.158. The number of amides is 1. The number of sulfonamides is 1. The van der Waals surface area contributed by atoms with Crippen LogP contribution >= 0.6 is 11.6 Å². The molecule has 2 aliphatic rings. The molecule has 1 aromatic heterocycles. The largest absolute Gasteiger partial charge is 0.338 e. The molecule has 0 atom stereocenters. The normalized spacial score (nSPS) is 19.4. The molecule has 0 N–H and O–H groups in total. The van der Waals surface area contributed by atoms with Crippen molar-refractivity contribution in [1.29, 1.82) is 0 Å². The summed E-state index contributed by atoms with van der Waals surface area (Å²) in [5.41, 5.74) is 0.367. The third-order valence-electron chi connectivity index (χ3n) is 5.81. The molecule has 0 saturated carbocycles. The molecule has 1 aromatic carbocycles. The zero-order valence-electron chi connectivity index (χ0n) is 16.2. The van der Waals surface area contributed by atoms with Crippen LogP contribution in [-0.4, -0.2) is 59.3 Å². The fourth-order valence-electron chi connectivity index (χ4n) is 4.11. The fourth-order valence-corrected chi connectivity index (χ4v) is 6.13. The first kappa shape index (κ1) is 20.4. The Kier molecular flexibility index (Phi) is 5.94. The predicted molar refractivity (Wildman–Crippen MR) is 110 cm³/mol. The van der Waals surface area contributed by atoms with Gasteiger partial charge in [0.05, 0.1) is 11.3 Å². The lowest BCUT2D eigenvalue weighted by molar-refractivity contribution is 0.0694. The van der Waals surface area contributed by atoms with Crippen LogP contribution in [-0.2, 0) is 10.0 Å². The van der Waals surface area contributed by atoms with Crippen molar-refractivity contribution in [2.45, 2.75) is 43.0 Å². The second-order valence-corrected chi connectivity index (χ2v) is 9.96. The van der Waals surface area contributed by atoms with E-state index in [-0.39, 0.29) is 15.8 Å². The van der Waals surface area contributed by atoms with Gasteiger partial charge in [-0.05, 0) is 43.9 Å². The molecule has 29 heavy (non-hydrogen) atoms. The number of nitrogens with zero attached hydrogens (tertiary/aromatic N) is 4. The summed E-state index contributed by atoms with van der Waals surface area (Å²) >= 11 is 6.23. The van der Waals surface area contributed by atoms with Gasteiger partial charge in [0.15, 0.2) is 0 Å². The first-order chi connectivity index (χ1) is 14.0. The highest BCUT2D eigenvalue weighted by Crippen LogP contribution is 2.29. The molecular formula is C20H25ClN4O3S. The molecule has 2 saturated heterocycles. The zero-order chi connectivity index (χ0) is 20.4. The Bertz CT molecular complexity index is 964. The van der Waals surface area contributed by atoms with E-state index < -0.39 is 10.0 Å². The lowest BCUT2D eigenvalue weighted by Crippen LogP contribution is -2.39. The number of likely N-dealkylation sites (tertiary alicyclic amines) is 1. The molecule has 4 rings (SSSR count). The number of hydrogen-bond acceptors (Lipinski definition) is 4. The maximum Gasteiger partial charge on any atom is 0.253 e. The third kappa shape index (κ3) is 4.20. The van der Waals surface area contributed by atoms with Gasteiger partial charge in [0.25, 0.3) is 5.91 Å². The second-order valence-electron chi connectivity index (χ2n) is 7.64. The molecule has 0 spiro atoms. The van der Waals surface area contributed by atoms with E-state index in [2.05, 4.69) is 9.55 Å². The standard InChI is InChI=1S/C20H25ClN4O3S/c21-18-5-4-16(14-19(18)29(27,28)25-9-2-1-3-10-25)20(26)23-11-6-17(7-12-23)24-13-8-22-15-24/h4-5,8,13-15,17H,1-3,6-7,9-12H2. The van der Waals surface area contributed by atoms with Gasteiger partial charge in [-0.15, -0.1) is 0 Å². The molecule has 2 aliphatic heterocycles. The molecule has 0 bridgehead atoms. The maximum atomic E-state index is 13.0. The van der Waals surface area contributed by atoms with E-state index in [0.717, 1.165) is 32.1 Å². The van der Waals surface area contributed by atoms with Crippen LogP contribution in [0.3, 0.4) is 0 Å². The Labute approximate surface area is 176 Å². The summed E-state index contributed by atoms with van der Waals surface area (Å²) < 4.78 is 29.6. The lowest BCUT2D eigenvalue weighted by Gasteiger charge is -2.32. The Morgan fingerprint density at radius 2 is 1.79 bits per heavy atom. The van der Waals surface area contributed by atoms with Gasteiger partial charge in [-0.25, -0.2) is 13.4 Å². The monoisotopic (exact) mass is 436 g/mol. The van der Waals surface area contributed by atoms with Crippen LogP contribution in [0.15, 0.2) is 41.8 Å². The van der Waals surface area contributed by atoms with Crippen molar-refractivity contribution in [3.8, 4) is 0 Å². The minimum Gasteiger partial charge on any atom is -0.338 e. The van der Waals surface area contributed by atoms with Gasteiger partial charge < -0.3 is 9.47 Å². The number of carbonyl (C=O) groups is 1. The molecule has 0 radical (unpaired) electrons. The number of imidazole rings is 1. The maximum absolute atomic E-state index is 13.0. The summed E-state index contributed by atoms with van der Waals surface area (Å²) in [4.78, 5) is 18.9. The molecule has 0 unspecified atom stereocenters. The minimum atomic E-state index is -3.70. The summed E-state index contributed by atoms with van der Waals surface area (Å²) in [7, 11) is -3.70. The Balaban J connectivity index is 1.50. The first-order valence-electron chi connectivity index (χ1n) is 10.0. The summed E-state index contributed by atoms with van der Waals surface area (Å²) in [5.74, 6) is -0.152. The molecule has 156 valence electrons. The van der Waals surface area contributed by atoms with E-state index in [9.17, 15) is 13.2 Å². The quantitative estimate of drug-likeness (QED) is 0.737. The van der Waals surface area contributed by atoms with E-state index in [0.29, 0.717) is 37.8 Å². The van der Waals surface area contributed by atoms with Crippen molar-refractivity contribution in [3.05, 3.63) is 47.5 Å². The molecule has 1 amide bonds. The number of piperidine rings is 2. The second kappa shape index (κ2) is 8.45. The highest BCUT2D eigenvalue weighted by atomic mass is 35.5. The molecular weight excluding hydrogens is 412 g/mol. The van der Waals surface area contributed by atoms with Gasteiger partial charge in [-0.2, -0.15) is 4.31 Å². The van der Waals surface area contributed by atoms with Crippen molar-refractivity contribution < 1.29 is 13.2 Å². The lowest BCUT2D eigenvalue weighted by atomic mass is 10.0. The van der Waals surface area contributed by atoms with Gasteiger partial charge in [-0.3, -0.25) is 4.79 Å². The number of halogens is 1. The average Bonchev–Trinajstić information content (AvgIpc) is 3.29. The molecule has 2 aromatic rings. The van der Waals surface area contributed by atoms with Crippen molar-refractivity contribution in [3.63, 3.8) is 0 Å². The van der Waals surface area contributed by atoms with Crippen molar-refractivity contribution >= 4 is 27.5 Å². The SMILES string of the molecule is O=C(c1ccc(Cl)c(S(=O)(=O)N2CCCCC2)c1)N1CCC(n2ccnc2)CC1. The van der Waals surface area contributed by atoms with Crippen molar-refractivity contribution in [2.24, 2.45) is 0 Å². The summed E-state index contributed by atoms with van der Waals surface area (Å²) in [6.07, 6.45) is 9.92. The van der Waals surface area contributed by atoms with Crippen LogP contribution in [0.2, 0.25) is 5.02 Å². The van der Waals surface area contributed by atoms with Gasteiger partial charge >= 0.3 is 0 Å². The minimum absolute atomic E-state index is 0.0280. The van der Waals surface area contributed by atoms with Gasteiger partial charge in [0.1, 0.15) is 4.90 Å². The van der Waals surface area contributed by atoms with E-state index in [1.54, 1.807) is 23.5 Å². The van der Waals surface area contributed by atoms with Crippen molar-refractivity contribution in [2.75, 3.05) is 26.2 Å². The molecule has 2 fully saturated rings. The number of rotatable bonds is 4. The predicted octanol–water partition coefficient (Wildman–Crippen LogP) is 3.19. The van der Waals surface area contributed by atoms with E-state index >= 15 is 0 Å². The molecule has 7 nitrogen and oxygen atoms in total. The number of carbonyl (C=O) groups excluding carboxylic acids is 1. The fraction of sp³-hybridized carbons (Fsp3) is 0.500. The summed E-state index contributed by atoms with van der Waals surface area (Å²) in [6, 6.07) is 4.91.